The highest BCUT2D eigenvalue weighted by atomic mass is 35.5. The molecule has 0 spiro atoms. The van der Waals surface area contributed by atoms with Gasteiger partial charge in [-0.3, -0.25) is 4.79 Å². The molecule has 1 aromatic rings. The Hall–Kier alpha value is -1.02. The molecular weight excluding hydrogens is 258 g/mol. The number of rotatable bonds is 4. The number of nitrogens with zero attached hydrogens (tertiary/aromatic N) is 1. The van der Waals surface area contributed by atoms with Gasteiger partial charge in [0.1, 0.15) is 0 Å². The molecule has 1 aliphatic rings. The molecule has 0 amide bonds. The Morgan fingerprint density at radius 1 is 1.37 bits per heavy atom. The fourth-order valence-electron chi connectivity index (χ4n) is 2.99. The zero-order valence-corrected chi connectivity index (χ0v) is 12.3. The second kappa shape index (κ2) is 6.95. The van der Waals surface area contributed by atoms with Gasteiger partial charge in [0, 0.05) is 29.4 Å². The van der Waals surface area contributed by atoms with Gasteiger partial charge in [0.25, 0.3) is 0 Å². The fourth-order valence-corrected chi connectivity index (χ4v) is 3.16. The molecule has 1 unspecified atom stereocenters. The van der Waals surface area contributed by atoms with E-state index in [1.807, 2.05) is 12.1 Å². The largest absolute Gasteiger partial charge is 0.371 e. The molecular formula is C16H22ClNO. The van der Waals surface area contributed by atoms with Crippen molar-refractivity contribution in [1.29, 1.82) is 0 Å². The van der Waals surface area contributed by atoms with Crippen molar-refractivity contribution < 1.29 is 4.79 Å². The predicted octanol–water partition coefficient (Wildman–Crippen LogP) is 4.56. The summed E-state index contributed by atoms with van der Waals surface area (Å²) in [4.78, 5) is 13.5. The van der Waals surface area contributed by atoms with E-state index in [0.717, 1.165) is 36.5 Å². The van der Waals surface area contributed by atoms with E-state index in [2.05, 4.69) is 11.8 Å². The fraction of sp³-hybridized carbons (Fsp3) is 0.562. The topological polar surface area (TPSA) is 20.3 Å². The highest BCUT2D eigenvalue weighted by molar-refractivity contribution is 6.31. The van der Waals surface area contributed by atoms with Gasteiger partial charge in [0.2, 0.25) is 0 Å². The van der Waals surface area contributed by atoms with Crippen LogP contribution in [-0.2, 0) is 0 Å². The Bertz CT molecular complexity index is 433. The molecule has 0 bridgehead atoms. The van der Waals surface area contributed by atoms with Crippen molar-refractivity contribution in [3.05, 3.63) is 28.8 Å². The van der Waals surface area contributed by atoms with Crippen LogP contribution in [0.25, 0.3) is 0 Å². The predicted molar refractivity (Wildman–Crippen MR) is 81.3 cm³/mol. The average Bonchev–Trinajstić information content (AvgIpc) is 2.65. The summed E-state index contributed by atoms with van der Waals surface area (Å²) in [7, 11) is 0. The molecule has 0 aromatic heterocycles. The van der Waals surface area contributed by atoms with Crippen molar-refractivity contribution in [2.75, 3.05) is 18.0 Å². The molecule has 1 saturated heterocycles. The lowest BCUT2D eigenvalue weighted by Gasteiger charge is -2.24. The maximum Gasteiger partial charge on any atom is 0.152 e. The molecule has 0 N–H and O–H groups in total. The van der Waals surface area contributed by atoms with Crippen molar-refractivity contribution in [3.8, 4) is 0 Å². The minimum atomic E-state index is 0.704. The number of halogens is 1. The summed E-state index contributed by atoms with van der Waals surface area (Å²) in [6.45, 7) is 4.32. The summed E-state index contributed by atoms with van der Waals surface area (Å²) in [6.07, 6.45) is 7.25. The lowest BCUT2D eigenvalue weighted by Crippen LogP contribution is -2.25. The maximum atomic E-state index is 11.2. The molecule has 0 aliphatic carbocycles. The summed E-state index contributed by atoms with van der Waals surface area (Å²) in [5, 5.41) is 0.704. The van der Waals surface area contributed by atoms with E-state index in [9.17, 15) is 4.79 Å². The minimum Gasteiger partial charge on any atom is -0.371 e. The molecule has 104 valence electrons. The molecule has 1 heterocycles. The summed E-state index contributed by atoms with van der Waals surface area (Å²) in [5.74, 6) is 0.842. The smallest absolute Gasteiger partial charge is 0.152 e. The minimum absolute atomic E-state index is 0.704. The number of aldehydes is 1. The summed E-state index contributed by atoms with van der Waals surface area (Å²) >= 11 is 6.07. The van der Waals surface area contributed by atoms with Crippen LogP contribution < -0.4 is 4.90 Å². The SMILES string of the molecule is CCCC1CCCN(c2cc(Cl)ccc2C=O)CC1. The Morgan fingerprint density at radius 3 is 2.95 bits per heavy atom. The lowest BCUT2D eigenvalue weighted by atomic mass is 9.96. The molecule has 19 heavy (non-hydrogen) atoms. The second-order valence-corrected chi connectivity index (χ2v) is 5.83. The van der Waals surface area contributed by atoms with Gasteiger partial charge in [0.05, 0.1) is 0 Å². The number of carbonyl (C=O) groups is 1. The van der Waals surface area contributed by atoms with Gasteiger partial charge in [-0.2, -0.15) is 0 Å². The maximum absolute atomic E-state index is 11.2. The van der Waals surface area contributed by atoms with Crippen LogP contribution in [0.5, 0.6) is 0 Å². The van der Waals surface area contributed by atoms with Crippen LogP contribution in [0, 0.1) is 5.92 Å². The third-order valence-electron chi connectivity index (χ3n) is 4.00. The molecule has 1 aromatic carbocycles. The van der Waals surface area contributed by atoms with E-state index < -0.39 is 0 Å². The van der Waals surface area contributed by atoms with Gasteiger partial charge < -0.3 is 4.90 Å². The van der Waals surface area contributed by atoms with Crippen LogP contribution in [0.3, 0.4) is 0 Å². The Labute approximate surface area is 120 Å². The highest BCUT2D eigenvalue weighted by Gasteiger charge is 2.18. The van der Waals surface area contributed by atoms with Crippen molar-refractivity contribution >= 4 is 23.6 Å². The average molecular weight is 280 g/mol. The van der Waals surface area contributed by atoms with E-state index in [4.69, 9.17) is 11.6 Å². The standard InChI is InChI=1S/C16H22ClNO/c1-2-4-13-5-3-9-18(10-8-13)16-11-15(17)7-6-14(16)12-19/h6-7,11-13H,2-5,8-10H2,1H3. The summed E-state index contributed by atoms with van der Waals surface area (Å²) in [5.41, 5.74) is 1.75. The van der Waals surface area contributed by atoms with Crippen molar-refractivity contribution in [1.82, 2.24) is 0 Å². The summed E-state index contributed by atoms with van der Waals surface area (Å²) in [6, 6.07) is 5.52. The van der Waals surface area contributed by atoms with E-state index in [1.54, 1.807) is 6.07 Å². The third-order valence-corrected chi connectivity index (χ3v) is 4.24. The van der Waals surface area contributed by atoms with Gasteiger partial charge in [-0.25, -0.2) is 0 Å². The van der Waals surface area contributed by atoms with Crippen LogP contribution in [0.15, 0.2) is 18.2 Å². The molecule has 0 radical (unpaired) electrons. The van der Waals surface area contributed by atoms with Crippen molar-refractivity contribution in [2.24, 2.45) is 5.92 Å². The molecule has 1 aliphatic heterocycles. The Balaban J connectivity index is 2.13. The molecule has 2 rings (SSSR count). The monoisotopic (exact) mass is 279 g/mol. The van der Waals surface area contributed by atoms with Gasteiger partial charge in [0.15, 0.2) is 6.29 Å². The Morgan fingerprint density at radius 2 is 2.21 bits per heavy atom. The van der Waals surface area contributed by atoms with E-state index in [-0.39, 0.29) is 0 Å². The second-order valence-electron chi connectivity index (χ2n) is 5.39. The van der Waals surface area contributed by atoms with Crippen molar-refractivity contribution in [3.63, 3.8) is 0 Å². The van der Waals surface area contributed by atoms with Crippen LogP contribution in [0.1, 0.15) is 49.4 Å². The van der Waals surface area contributed by atoms with Crippen LogP contribution >= 0.6 is 11.6 Å². The number of anilines is 1. The quantitative estimate of drug-likeness (QED) is 0.753. The van der Waals surface area contributed by atoms with E-state index >= 15 is 0 Å². The number of hydrogen-bond acceptors (Lipinski definition) is 2. The third kappa shape index (κ3) is 3.73. The molecule has 2 nitrogen and oxygen atoms in total. The first-order valence-corrected chi connectivity index (χ1v) is 7.62. The van der Waals surface area contributed by atoms with E-state index in [1.165, 1.54) is 32.1 Å². The normalized spacial score (nSPS) is 20.1. The first-order valence-electron chi connectivity index (χ1n) is 7.24. The zero-order chi connectivity index (χ0) is 13.7. The van der Waals surface area contributed by atoms with Gasteiger partial charge in [-0.1, -0.05) is 31.4 Å². The lowest BCUT2D eigenvalue weighted by molar-refractivity contribution is 0.112. The van der Waals surface area contributed by atoms with Gasteiger partial charge in [-0.05, 0) is 43.4 Å². The van der Waals surface area contributed by atoms with Crippen LogP contribution in [0.4, 0.5) is 5.69 Å². The number of benzene rings is 1. The zero-order valence-electron chi connectivity index (χ0n) is 11.6. The number of hydrogen-bond donors (Lipinski definition) is 0. The van der Waals surface area contributed by atoms with Crippen LogP contribution in [-0.4, -0.2) is 19.4 Å². The molecule has 1 atom stereocenters. The molecule has 3 heteroatoms. The van der Waals surface area contributed by atoms with E-state index in [0.29, 0.717) is 5.02 Å². The first kappa shape index (κ1) is 14.4. The Kier molecular flexibility index (Phi) is 5.26. The summed E-state index contributed by atoms with van der Waals surface area (Å²) < 4.78 is 0. The number of carbonyl (C=O) groups excluding carboxylic acids is 1. The van der Waals surface area contributed by atoms with Crippen molar-refractivity contribution in [2.45, 2.75) is 39.0 Å². The molecule has 0 saturated carbocycles. The first-order chi connectivity index (χ1) is 9.24. The van der Waals surface area contributed by atoms with Crippen LogP contribution in [0.2, 0.25) is 5.02 Å². The van der Waals surface area contributed by atoms with Gasteiger partial charge in [-0.15, -0.1) is 0 Å². The highest BCUT2D eigenvalue weighted by Crippen LogP contribution is 2.29. The molecule has 1 fully saturated rings. The van der Waals surface area contributed by atoms with Gasteiger partial charge >= 0.3 is 0 Å².